The summed E-state index contributed by atoms with van der Waals surface area (Å²) in [6, 6.07) is 8.47. The third-order valence-electron chi connectivity index (χ3n) is 6.25. The quantitative estimate of drug-likeness (QED) is 0.910. The molecular formula is C18H25NO. The normalized spacial score (nSPS) is 41.9. The minimum absolute atomic E-state index is 0.137. The van der Waals surface area contributed by atoms with Gasteiger partial charge in [0.15, 0.2) is 0 Å². The maximum atomic E-state index is 6.97. The summed E-state index contributed by atoms with van der Waals surface area (Å²) < 4.78 is 5.85. The molecule has 3 fully saturated rings. The molecule has 1 aromatic carbocycles. The van der Waals surface area contributed by atoms with E-state index in [9.17, 15) is 0 Å². The summed E-state index contributed by atoms with van der Waals surface area (Å²) in [7, 11) is 0. The van der Waals surface area contributed by atoms with Gasteiger partial charge in [0, 0.05) is 11.1 Å². The molecule has 0 heterocycles. The Kier molecular flexibility index (Phi) is 2.85. The maximum Gasteiger partial charge on any atom is 0.124 e. The van der Waals surface area contributed by atoms with Crippen LogP contribution in [0.15, 0.2) is 24.3 Å². The van der Waals surface area contributed by atoms with Crippen LogP contribution in [0.2, 0.25) is 0 Å². The monoisotopic (exact) mass is 271 g/mol. The molecule has 2 N–H and O–H groups in total. The molecule has 2 bridgehead atoms. The van der Waals surface area contributed by atoms with E-state index in [2.05, 4.69) is 24.3 Å². The van der Waals surface area contributed by atoms with E-state index in [0.29, 0.717) is 12.5 Å². The van der Waals surface area contributed by atoms with E-state index < -0.39 is 0 Å². The molecule has 108 valence electrons. The molecule has 2 heteroatoms. The maximum absolute atomic E-state index is 6.97. The molecule has 0 radical (unpaired) electrons. The standard InChI is InChI=1S/C18H25NO/c1-2-20-17-9-4-3-8-15(17)18(19)11-12-10-16(18)14-7-5-6-13(12)14/h3-4,8-9,12-14,16H,2,5-7,10-11,19H2,1H3. The van der Waals surface area contributed by atoms with Gasteiger partial charge in [-0.3, -0.25) is 0 Å². The van der Waals surface area contributed by atoms with Gasteiger partial charge in [0.25, 0.3) is 0 Å². The number of rotatable bonds is 3. The van der Waals surface area contributed by atoms with Crippen molar-refractivity contribution in [3.63, 3.8) is 0 Å². The van der Waals surface area contributed by atoms with E-state index >= 15 is 0 Å². The number of benzene rings is 1. The minimum Gasteiger partial charge on any atom is -0.494 e. The largest absolute Gasteiger partial charge is 0.494 e. The van der Waals surface area contributed by atoms with E-state index in [1.807, 2.05) is 6.92 Å². The summed E-state index contributed by atoms with van der Waals surface area (Å²) >= 11 is 0. The van der Waals surface area contributed by atoms with Crippen molar-refractivity contribution >= 4 is 0 Å². The molecule has 3 saturated carbocycles. The predicted molar refractivity (Wildman–Crippen MR) is 80.5 cm³/mol. The molecule has 0 aromatic heterocycles. The minimum atomic E-state index is -0.137. The summed E-state index contributed by atoms with van der Waals surface area (Å²) in [5.41, 5.74) is 8.10. The highest BCUT2D eigenvalue weighted by molar-refractivity contribution is 5.41. The van der Waals surface area contributed by atoms with Gasteiger partial charge in [-0.25, -0.2) is 0 Å². The molecule has 0 spiro atoms. The number of para-hydroxylation sites is 1. The molecule has 0 saturated heterocycles. The van der Waals surface area contributed by atoms with Crippen LogP contribution >= 0.6 is 0 Å². The van der Waals surface area contributed by atoms with Crippen molar-refractivity contribution in [1.82, 2.24) is 0 Å². The fourth-order valence-corrected chi connectivity index (χ4v) is 5.63. The van der Waals surface area contributed by atoms with Crippen LogP contribution in [-0.2, 0) is 5.54 Å². The van der Waals surface area contributed by atoms with Gasteiger partial charge < -0.3 is 10.5 Å². The molecular weight excluding hydrogens is 246 g/mol. The van der Waals surface area contributed by atoms with Gasteiger partial charge in [0.05, 0.1) is 6.61 Å². The second-order valence-corrected chi connectivity index (χ2v) is 7.03. The Morgan fingerprint density at radius 2 is 2.05 bits per heavy atom. The highest BCUT2D eigenvalue weighted by Crippen LogP contribution is 2.64. The van der Waals surface area contributed by atoms with E-state index in [1.54, 1.807) is 0 Å². The Labute approximate surface area is 121 Å². The van der Waals surface area contributed by atoms with Gasteiger partial charge in [-0.15, -0.1) is 0 Å². The van der Waals surface area contributed by atoms with E-state index in [4.69, 9.17) is 10.5 Å². The Morgan fingerprint density at radius 1 is 1.25 bits per heavy atom. The Hall–Kier alpha value is -1.02. The summed E-state index contributed by atoms with van der Waals surface area (Å²) in [6.45, 7) is 2.76. The first-order chi connectivity index (χ1) is 9.74. The summed E-state index contributed by atoms with van der Waals surface area (Å²) in [5.74, 6) is 4.43. The lowest BCUT2D eigenvalue weighted by atomic mass is 9.68. The lowest BCUT2D eigenvalue weighted by Crippen LogP contribution is -2.46. The summed E-state index contributed by atoms with van der Waals surface area (Å²) in [5, 5.41) is 0. The zero-order chi connectivity index (χ0) is 13.7. The van der Waals surface area contributed by atoms with Crippen molar-refractivity contribution in [3.05, 3.63) is 29.8 Å². The molecule has 0 aliphatic heterocycles. The van der Waals surface area contributed by atoms with Crippen LogP contribution in [0.5, 0.6) is 5.75 Å². The second kappa shape index (κ2) is 4.49. The molecule has 5 unspecified atom stereocenters. The fourth-order valence-electron chi connectivity index (χ4n) is 5.63. The van der Waals surface area contributed by atoms with Crippen molar-refractivity contribution < 1.29 is 4.74 Å². The molecule has 1 aromatic rings. The number of ether oxygens (including phenoxy) is 1. The van der Waals surface area contributed by atoms with Crippen molar-refractivity contribution in [1.29, 1.82) is 0 Å². The smallest absolute Gasteiger partial charge is 0.124 e. The van der Waals surface area contributed by atoms with Gasteiger partial charge in [0.1, 0.15) is 5.75 Å². The molecule has 3 aliphatic rings. The third kappa shape index (κ3) is 1.60. The van der Waals surface area contributed by atoms with Crippen LogP contribution in [0, 0.1) is 23.7 Å². The van der Waals surface area contributed by atoms with Crippen LogP contribution < -0.4 is 10.5 Å². The van der Waals surface area contributed by atoms with Crippen LogP contribution in [0.3, 0.4) is 0 Å². The SMILES string of the molecule is CCOc1ccccc1C1(N)CC2CC1C1CCCC21. The highest BCUT2D eigenvalue weighted by atomic mass is 16.5. The topological polar surface area (TPSA) is 35.2 Å². The van der Waals surface area contributed by atoms with E-state index in [0.717, 1.165) is 23.5 Å². The second-order valence-electron chi connectivity index (χ2n) is 7.03. The molecule has 3 aliphatic carbocycles. The lowest BCUT2D eigenvalue weighted by Gasteiger charge is -2.41. The zero-order valence-corrected chi connectivity index (χ0v) is 12.3. The first-order valence-corrected chi connectivity index (χ1v) is 8.25. The third-order valence-corrected chi connectivity index (χ3v) is 6.25. The Morgan fingerprint density at radius 3 is 2.90 bits per heavy atom. The number of hydrogen-bond donors (Lipinski definition) is 1. The number of fused-ring (bicyclic) bond motifs is 5. The molecule has 5 atom stereocenters. The van der Waals surface area contributed by atoms with Crippen LogP contribution in [0.25, 0.3) is 0 Å². The van der Waals surface area contributed by atoms with Crippen molar-refractivity contribution in [3.8, 4) is 5.75 Å². The first-order valence-electron chi connectivity index (χ1n) is 8.25. The number of hydrogen-bond acceptors (Lipinski definition) is 2. The van der Waals surface area contributed by atoms with Crippen LogP contribution in [0.4, 0.5) is 0 Å². The zero-order valence-electron chi connectivity index (χ0n) is 12.3. The first kappa shape index (κ1) is 12.7. The molecule has 2 nitrogen and oxygen atoms in total. The van der Waals surface area contributed by atoms with Gasteiger partial charge in [0.2, 0.25) is 0 Å². The van der Waals surface area contributed by atoms with Gasteiger partial charge in [-0.05, 0) is 62.3 Å². The number of nitrogens with two attached hydrogens (primary N) is 1. The van der Waals surface area contributed by atoms with Crippen molar-refractivity contribution in [2.75, 3.05) is 6.61 Å². The van der Waals surface area contributed by atoms with Gasteiger partial charge >= 0.3 is 0 Å². The fraction of sp³-hybridized carbons (Fsp3) is 0.667. The highest BCUT2D eigenvalue weighted by Gasteiger charge is 2.60. The molecule has 0 amide bonds. The Bertz CT molecular complexity index is 514. The summed E-state index contributed by atoms with van der Waals surface area (Å²) in [6.07, 6.45) is 6.80. The van der Waals surface area contributed by atoms with Crippen LogP contribution in [0.1, 0.15) is 44.6 Å². The van der Waals surface area contributed by atoms with Crippen molar-refractivity contribution in [2.45, 2.75) is 44.6 Å². The van der Waals surface area contributed by atoms with Crippen LogP contribution in [-0.4, -0.2) is 6.61 Å². The van der Waals surface area contributed by atoms with Gasteiger partial charge in [-0.2, -0.15) is 0 Å². The average molecular weight is 271 g/mol. The Balaban J connectivity index is 1.72. The van der Waals surface area contributed by atoms with E-state index in [1.165, 1.54) is 37.7 Å². The summed E-state index contributed by atoms with van der Waals surface area (Å²) in [4.78, 5) is 0. The predicted octanol–water partition coefficient (Wildman–Crippen LogP) is 3.70. The molecule has 4 rings (SSSR count). The van der Waals surface area contributed by atoms with E-state index in [-0.39, 0.29) is 5.54 Å². The average Bonchev–Trinajstić information content (AvgIpc) is 3.10. The lowest BCUT2D eigenvalue weighted by molar-refractivity contribution is 0.152. The van der Waals surface area contributed by atoms with Gasteiger partial charge in [-0.1, -0.05) is 24.6 Å². The van der Waals surface area contributed by atoms with Crippen molar-refractivity contribution in [2.24, 2.45) is 29.4 Å². The molecule has 20 heavy (non-hydrogen) atoms.